The number of nitrogens with zero attached hydrogens (tertiary/aromatic N) is 1. The van der Waals surface area contributed by atoms with Crippen LogP contribution in [0.3, 0.4) is 0 Å². The number of hydrogen-bond acceptors (Lipinski definition) is 7. The number of hydrogen-bond donors (Lipinski definition) is 1. The number of ether oxygens (including phenoxy) is 2. The van der Waals surface area contributed by atoms with Gasteiger partial charge in [-0.05, 0) is 116 Å². The van der Waals surface area contributed by atoms with Crippen molar-refractivity contribution in [1.82, 2.24) is 0 Å². The van der Waals surface area contributed by atoms with E-state index in [4.69, 9.17) is 18.5 Å². The lowest BCUT2D eigenvalue weighted by Crippen LogP contribution is -2.37. The molecule has 0 saturated carbocycles. The lowest BCUT2D eigenvalue weighted by molar-refractivity contribution is -0.870. The van der Waals surface area contributed by atoms with Gasteiger partial charge in [0.05, 0.1) is 27.7 Å². The molecule has 0 aliphatic heterocycles. The van der Waals surface area contributed by atoms with Crippen LogP contribution in [0, 0.1) is 0 Å². The maximum absolute atomic E-state index is 12.9. The fourth-order valence-corrected chi connectivity index (χ4v) is 8.82. The van der Waals surface area contributed by atoms with Gasteiger partial charge in [-0.25, -0.2) is 4.57 Å². The van der Waals surface area contributed by atoms with Gasteiger partial charge in [0.15, 0.2) is 6.10 Å². The van der Waals surface area contributed by atoms with Crippen molar-refractivity contribution in [3.8, 4) is 0 Å². The quantitative estimate of drug-likeness (QED) is 0.0211. The fourth-order valence-electron chi connectivity index (χ4n) is 8.08. The first kappa shape index (κ1) is 75.9. The first-order chi connectivity index (χ1) is 39.0. The number of phosphoric ester groups is 1. The summed E-state index contributed by atoms with van der Waals surface area (Å²) in [5.74, 6) is -0.822. The highest BCUT2D eigenvalue weighted by molar-refractivity contribution is 7.47. The van der Waals surface area contributed by atoms with Gasteiger partial charge in [0, 0.05) is 12.8 Å². The van der Waals surface area contributed by atoms with Crippen molar-refractivity contribution >= 4 is 19.8 Å². The summed E-state index contributed by atoms with van der Waals surface area (Å²) in [7, 11) is 1.45. The number of likely N-dealkylation sites (N-methyl/N-ethyl adjacent to an activating group) is 1. The molecule has 454 valence electrons. The molecule has 0 amide bonds. The van der Waals surface area contributed by atoms with Crippen molar-refractivity contribution in [2.45, 2.75) is 238 Å². The summed E-state index contributed by atoms with van der Waals surface area (Å²) >= 11 is 0. The number of esters is 2. The summed E-state index contributed by atoms with van der Waals surface area (Å²) in [6.07, 6.45) is 87.8. The molecular formula is C70H117NO8P+. The van der Waals surface area contributed by atoms with Crippen LogP contribution in [0.4, 0.5) is 0 Å². The van der Waals surface area contributed by atoms with E-state index < -0.39 is 26.5 Å². The van der Waals surface area contributed by atoms with Crippen LogP contribution in [-0.2, 0) is 32.7 Å². The Morgan fingerprint density at radius 3 is 1.00 bits per heavy atom. The van der Waals surface area contributed by atoms with Crippen LogP contribution in [0.15, 0.2) is 146 Å². The Hall–Kier alpha value is -4.11. The van der Waals surface area contributed by atoms with Gasteiger partial charge in [-0.2, -0.15) is 0 Å². The highest BCUT2D eigenvalue weighted by Gasteiger charge is 2.27. The normalized spacial score (nSPS) is 14.2. The molecule has 0 fully saturated rings. The topological polar surface area (TPSA) is 108 Å². The molecule has 1 N–H and O–H groups in total. The maximum Gasteiger partial charge on any atom is 0.472 e. The molecule has 0 saturated heterocycles. The van der Waals surface area contributed by atoms with Gasteiger partial charge in [-0.1, -0.05) is 250 Å². The molecule has 2 atom stereocenters. The summed E-state index contributed by atoms with van der Waals surface area (Å²) in [5, 5.41) is 0. The third kappa shape index (κ3) is 63.1. The van der Waals surface area contributed by atoms with Crippen LogP contribution >= 0.6 is 7.82 Å². The molecule has 10 heteroatoms. The molecular weight excluding hydrogens is 1010 g/mol. The van der Waals surface area contributed by atoms with E-state index >= 15 is 0 Å². The van der Waals surface area contributed by atoms with Crippen LogP contribution in [0.1, 0.15) is 232 Å². The Kier molecular flexibility index (Phi) is 56.5. The number of unbranched alkanes of at least 4 members (excludes halogenated alkanes) is 18. The Labute approximate surface area is 491 Å². The molecule has 0 aromatic rings. The van der Waals surface area contributed by atoms with Gasteiger partial charge < -0.3 is 18.9 Å². The van der Waals surface area contributed by atoms with Crippen molar-refractivity contribution in [3.05, 3.63) is 146 Å². The second kappa shape index (κ2) is 59.5. The zero-order chi connectivity index (χ0) is 58.4. The SMILES string of the molecule is CC/C=C\C/C=C\C/C=C\C/C=C\C/C=C\C/C=C\C/C=C\CCCCCCCCCCCCCC(=O)OC(COC(=O)CCCCCCCCC/C=C\C/C=C\C/C=C\C/C=C\C/C=C\CC)COP(=O)(O)OCC[N+](C)(C)C. The summed E-state index contributed by atoms with van der Waals surface area (Å²) in [6.45, 7) is 4.18. The molecule has 0 heterocycles. The Bertz CT molecular complexity index is 1860. The summed E-state index contributed by atoms with van der Waals surface area (Å²) < 4.78 is 34.6. The number of allylic oxidation sites excluding steroid dienone is 24. The smallest absolute Gasteiger partial charge is 0.462 e. The van der Waals surface area contributed by atoms with E-state index in [1.54, 1.807) is 0 Å². The second-order valence-electron chi connectivity index (χ2n) is 21.7. The van der Waals surface area contributed by atoms with Crippen LogP contribution in [-0.4, -0.2) is 74.9 Å². The Balaban J connectivity index is 4.18. The van der Waals surface area contributed by atoms with Gasteiger partial charge in [-0.15, -0.1) is 0 Å². The lowest BCUT2D eigenvalue weighted by Gasteiger charge is -2.24. The minimum atomic E-state index is -4.40. The molecule has 0 bridgehead atoms. The van der Waals surface area contributed by atoms with Gasteiger partial charge in [0.25, 0.3) is 0 Å². The molecule has 0 spiro atoms. The van der Waals surface area contributed by atoms with Crippen molar-refractivity contribution in [3.63, 3.8) is 0 Å². The standard InChI is InChI=1S/C70H116NO8P/c1-6-8-10-12-14-16-18-20-22-24-26-28-30-31-32-33-34-35-36-37-38-39-41-43-45-47-49-51-53-55-57-59-61-63-70(73)79-68(67-78-80(74,75)77-65-64-71(3,4)5)66-76-69(72)62-60-58-56-54-52-50-48-46-44-42-40-29-27-25-23-21-19-17-15-13-11-9-7-2/h8-11,14-17,20-23,26-29,31-32,34-35,37-38,42,44,68H,6-7,12-13,18-19,24-25,30,33,36,39-41,43,45-67H2,1-5H3/p+1/b10-8-,11-9-,16-14-,17-15-,22-20-,23-21-,28-26-,29-27-,32-31-,35-34-,38-37-,44-42-. The van der Waals surface area contributed by atoms with E-state index in [-0.39, 0.29) is 32.0 Å². The van der Waals surface area contributed by atoms with E-state index in [0.717, 1.165) is 135 Å². The molecule has 9 nitrogen and oxygen atoms in total. The van der Waals surface area contributed by atoms with E-state index in [1.807, 2.05) is 21.1 Å². The first-order valence-electron chi connectivity index (χ1n) is 31.6. The van der Waals surface area contributed by atoms with E-state index in [9.17, 15) is 19.0 Å². The number of carbonyl (C=O) groups excluding carboxylic acids is 2. The Morgan fingerprint density at radius 1 is 0.388 bits per heavy atom. The zero-order valence-corrected chi connectivity index (χ0v) is 52.4. The average molecular weight is 1130 g/mol. The third-order valence-corrected chi connectivity index (χ3v) is 13.8. The Morgan fingerprint density at radius 2 is 0.675 bits per heavy atom. The van der Waals surface area contributed by atoms with Crippen molar-refractivity contribution in [1.29, 1.82) is 0 Å². The van der Waals surface area contributed by atoms with Crippen molar-refractivity contribution in [2.75, 3.05) is 47.5 Å². The van der Waals surface area contributed by atoms with Crippen LogP contribution in [0.2, 0.25) is 0 Å². The van der Waals surface area contributed by atoms with Gasteiger partial charge in [-0.3, -0.25) is 18.6 Å². The molecule has 80 heavy (non-hydrogen) atoms. The zero-order valence-electron chi connectivity index (χ0n) is 51.5. The van der Waals surface area contributed by atoms with Gasteiger partial charge >= 0.3 is 19.8 Å². The van der Waals surface area contributed by atoms with E-state index in [2.05, 4.69) is 160 Å². The predicted octanol–water partition coefficient (Wildman–Crippen LogP) is 20.3. The van der Waals surface area contributed by atoms with Gasteiger partial charge in [0.2, 0.25) is 0 Å². The van der Waals surface area contributed by atoms with Crippen molar-refractivity contribution < 1.29 is 42.1 Å². The number of quaternary nitrogens is 1. The van der Waals surface area contributed by atoms with E-state index in [1.165, 1.54) is 64.2 Å². The minimum Gasteiger partial charge on any atom is -0.462 e. The van der Waals surface area contributed by atoms with Crippen molar-refractivity contribution in [2.24, 2.45) is 0 Å². The second-order valence-corrected chi connectivity index (χ2v) is 23.1. The molecule has 0 aromatic carbocycles. The number of carbonyl (C=O) groups is 2. The van der Waals surface area contributed by atoms with Crippen LogP contribution in [0.5, 0.6) is 0 Å². The maximum atomic E-state index is 12.9. The molecule has 0 radical (unpaired) electrons. The summed E-state index contributed by atoms with van der Waals surface area (Å²) in [4.78, 5) is 35.8. The van der Waals surface area contributed by atoms with Crippen LogP contribution in [0.25, 0.3) is 0 Å². The number of rotatable bonds is 56. The van der Waals surface area contributed by atoms with E-state index in [0.29, 0.717) is 17.4 Å². The van der Waals surface area contributed by atoms with Crippen LogP contribution < -0.4 is 0 Å². The predicted molar refractivity (Wildman–Crippen MR) is 343 cm³/mol. The minimum absolute atomic E-state index is 0.0214. The number of phosphoric acid groups is 1. The molecule has 0 rings (SSSR count). The fraction of sp³-hybridized carbons (Fsp3) is 0.629. The highest BCUT2D eigenvalue weighted by Crippen LogP contribution is 2.43. The monoisotopic (exact) mass is 1130 g/mol. The average Bonchev–Trinajstić information content (AvgIpc) is 3.42. The molecule has 0 aromatic heterocycles. The largest absolute Gasteiger partial charge is 0.472 e. The summed E-state index contributed by atoms with van der Waals surface area (Å²) in [6, 6.07) is 0. The molecule has 0 aliphatic rings. The summed E-state index contributed by atoms with van der Waals surface area (Å²) in [5.41, 5.74) is 0. The third-order valence-electron chi connectivity index (χ3n) is 12.9. The van der Waals surface area contributed by atoms with Gasteiger partial charge in [0.1, 0.15) is 19.8 Å². The molecule has 2 unspecified atom stereocenters. The first-order valence-corrected chi connectivity index (χ1v) is 33.1. The lowest BCUT2D eigenvalue weighted by atomic mass is 10.0. The highest BCUT2D eigenvalue weighted by atomic mass is 31.2. The molecule has 0 aliphatic carbocycles.